The Morgan fingerprint density at radius 3 is 2.08 bits per heavy atom. The maximum atomic E-state index is 2.44. The lowest BCUT2D eigenvalue weighted by Gasteiger charge is -2.42. The summed E-state index contributed by atoms with van der Waals surface area (Å²) >= 11 is 1.79. The fourth-order valence-electron chi connectivity index (χ4n) is 3.87. The van der Waals surface area contributed by atoms with Crippen molar-refractivity contribution in [3.63, 3.8) is 0 Å². The van der Waals surface area contributed by atoms with E-state index in [2.05, 4.69) is 89.4 Å². The molecule has 3 rings (SSSR count). The van der Waals surface area contributed by atoms with Crippen LogP contribution in [0, 0.1) is 0 Å². The van der Waals surface area contributed by atoms with Crippen molar-refractivity contribution in [3.05, 3.63) is 64.7 Å². The number of hydrogen-bond acceptors (Lipinski definition) is 1. The van der Waals surface area contributed by atoms with E-state index in [-0.39, 0.29) is 10.8 Å². The summed E-state index contributed by atoms with van der Waals surface area (Å²) in [4.78, 5) is 1.31. The quantitative estimate of drug-likeness (QED) is 0.413. The molecule has 0 saturated heterocycles. The van der Waals surface area contributed by atoms with Crippen molar-refractivity contribution in [1.82, 2.24) is 0 Å². The molecule has 1 aliphatic rings. The first-order chi connectivity index (χ1) is 11.7. The van der Waals surface area contributed by atoms with E-state index < -0.39 is 0 Å². The molecule has 0 fully saturated rings. The van der Waals surface area contributed by atoms with Crippen molar-refractivity contribution in [2.24, 2.45) is 0 Å². The molecule has 25 heavy (non-hydrogen) atoms. The van der Waals surface area contributed by atoms with E-state index in [4.69, 9.17) is 0 Å². The molecule has 0 N–H and O–H groups in total. The predicted molar refractivity (Wildman–Crippen MR) is 113 cm³/mol. The van der Waals surface area contributed by atoms with E-state index in [0.29, 0.717) is 0 Å². The van der Waals surface area contributed by atoms with Gasteiger partial charge in [0.05, 0.1) is 0 Å². The van der Waals surface area contributed by atoms with Crippen LogP contribution in [0.4, 0.5) is 0 Å². The highest BCUT2D eigenvalue weighted by atomic mass is 32.2. The average Bonchev–Trinajstić information content (AvgIpc) is 2.59. The molecule has 2 aromatic rings. The van der Waals surface area contributed by atoms with Crippen LogP contribution in [0.25, 0.3) is 11.6 Å². The number of rotatable bonds is 3. The van der Waals surface area contributed by atoms with Crippen molar-refractivity contribution >= 4 is 23.4 Å². The molecule has 0 aromatic heterocycles. The number of fused-ring (bicyclic) bond motifs is 1. The van der Waals surface area contributed by atoms with E-state index in [1.54, 1.807) is 11.8 Å². The molecule has 0 bridgehead atoms. The third kappa shape index (κ3) is 3.72. The minimum absolute atomic E-state index is 0.265. The van der Waals surface area contributed by atoms with Crippen LogP contribution in [0.3, 0.4) is 0 Å². The molecule has 0 nitrogen and oxygen atoms in total. The van der Waals surface area contributed by atoms with Crippen LogP contribution in [0.1, 0.15) is 69.7 Å². The van der Waals surface area contributed by atoms with Crippen LogP contribution in [-0.2, 0) is 10.8 Å². The Bertz CT molecular complexity index is 791. The summed E-state index contributed by atoms with van der Waals surface area (Å²) in [5, 5.41) is 0. The maximum absolute atomic E-state index is 2.44. The second-order valence-corrected chi connectivity index (χ2v) is 9.51. The highest BCUT2D eigenvalue weighted by Gasteiger charge is 2.36. The smallest absolute Gasteiger partial charge is 0.00695 e. The summed E-state index contributed by atoms with van der Waals surface area (Å²) in [7, 11) is 0. The average molecular weight is 351 g/mol. The van der Waals surface area contributed by atoms with Gasteiger partial charge in [-0.25, -0.2) is 0 Å². The molecule has 0 aliphatic heterocycles. The topological polar surface area (TPSA) is 0 Å². The fraction of sp³-hybridized carbons (Fsp3) is 0.417. The van der Waals surface area contributed by atoms with Crippen molar-refractivity contribution in [3.8, 4) is 0 Å². The maximum Gasteiger partial charge on any atom is 0.00695 e. The Labute approximate surface area is 157 Å². The molecule has 0 heterocycles. The Morgan fingerprint density at radius 2 is 1.48 bits per heavy atom. The van der Waals surface area contributed by atoms with Crippen molar-refractivity contribution in [2.75, 3.05) is 6.26 Å². The number of allylic oxidation sites excluding steroid dienone is 1. The predicted octanol–water partition coefficient (Wildman–Crippen LogP) is 7.32. The Hall–Kier alpha value is -1.47. The molecule has 0 radical (unpaired) electrons. The normalized spacial score (nSPS) is 18.7. The molecule has 0 saturated carbocycles. The molecule has 2 aromatic carbocycles. The van der Waals surface area contributed by atoms with Gasteiger partial charge in [-0.15, -0.1) is 11.8 Å². The van der Waals surface area contributed by atoms with Gasteiger partial charge in [0.25, 0.3) is 0 Å². The van der Waals surface area contributed by atoms with Gasteiger partial charge in [0.15, 0.2) is 0 Å². The number of benzene rings is 2. The van der Waals surface area contributed by atoms with Crippen molar-refractivity contribution in [1.29, 1.82) is 0 Å². The van der Waals surface area contributed by atoms with Gasteiger partial charge in [0.1, 0.15) is 0 Å². The number of thioether (sulfide) groups is 1. The first kappa shape index (κ1) is 18.3. The van der Waals surface area contributed by atoms with E-state index >= 15 is 0 Å². The second-order valence-electron chi connectivity index (χ2n) is 8.63. The molecule has 0 spiro atoms. The summed E-state index contributed by atoms with van der Waals surface area (Å²) in [6.07, 6.45) is 6.94. The van der Waals surface area contributed by atoms with E-state index in [1.165, 1.54) is 45.6 Å². The Balaban J connectivity index is 1.99. The molecule has 1 heteroatoms. The zero-order valence-corrected chi connectivity index (χ0v) is 17.3. The molecule has 0 amide bonds. The lowest BCUT2D eigenvalue weighted by Crippen LogP contribution is -2.33. The first-order valence-corrected chi connectivity index (χ1v) is 10.4. The van der Waals surface area contributed by atoms with Gasteiger partial charge in [0.2, 0.25) is 0 Å². The highest BCUT2D eigenvalue weighted by molar-refractivity contribution is 7.98. The SMILES string of the molecule is CSc1ccc(/C=C(\C)c2ccc3c(c2)C(C)(C)CCC3(C)C)cc1. The van der Waals surface area contributed by atoms with Gasteiger partial charge in [0, 0.05) is 4.90 Å². The summed E-state index contributed by atoms with van der Waals surface area (Å²) in [6.45, 7) is 11.8. The minimum atomic E-state index is 0.265. The minimum Gasteiger partial charge on any atom is -0.130 e. The summed E-state index contributed by atoms with van der Waals surface area (Å²) in [5.41, 5.74) is 7.57. The van der Waals surface area contributed by atoms with Crippen molar-refractivity contribution < 1.29 is 0 Å². The van der Waals surface area contributed by atoms with E-state index in [0.717, 1.165) is 0 Å². The zero-order chi connectivity index (χ0) is 18.2. The van der Waals surface area contributed by atoms with Gasteiger partial charge in [-0.2, -0.15) is 0 Å². The van der Waals surface area contributed by atoms with Crippen LogP contribution in [-0.4, -0.2) is 6.26 Å². The standard InChI is InChI=1S/C24H30S/c1-17(15-18-7-10-20(25-6)11-8-18)19-9-12-21-22(16-19)24(4,5)14-13-23(21,2)3/h7-12,15-16H,13-14H2,1-6H3/b17-15+. The van der Waals surface area contributed by atoms with Gasteiger partial charge < -0.3 is 0 Å². The summed E-state index contributed by atoms with van der Waals surface area (Å²) in [6, 6.07) is 15.9. The van der Waals surface area contributed by atoms with Crippen LogP contribution in [0.5, 0.6) is 0 Å². The van der Waals surface area contributed by atoms with Crippen molar-refractivity contribution in [2.45, 2.75) is 63.2 Å². The molecule has 132 valence electrons. The van der Waals surface area contributed by atoms with E-state index in [9.17, 15) is 0 Å². The summed E-state index contributed by atoms with van der Waals surface area (Å²) in [5.74, 6) is 0. The molecule has 1 aliphatic carbocycles. The number of hydrogen-bond donors (Lipinski definition) is 0. The lowest BCUT2D eigenvalue weighted by atomic mass is 9.63. The molecule has 0 unspecified atom stereocenters. The molecular formula is C24H30S. The summed E-state index contributed by atoms with van der Waals surface area (Å²) < 4.78 is 0. The molecular weight excluding hydrogens is 320 g/mol. The van der Waals surface area contributed by atoms with Gasteiger partial charge in [-0.1, -0.05) is 64.1 Å². The van der Waals surface area contributed by atoms with Gasteiger partial charge in [-0.3, -0.25) is 0 Å². The Kier molecular flexibility index (Phi) is 4.90. The Morgan fingerprint density at radius 1 is 0.880 bits per heavy atom. The van der Waals surface area contributed by atoms with Crippen LogP contribution in [0.15, 0.2) is 47.4 Å². The van der Waals surface area contributed by atoms with Crippen LogP contribution in [0.2, 0.25) is 0 Å². The molecule has 0 atom stereocenters. The van der Waals surface area contributed by atoms with Crippen LogP contribution >= 0.6 is 11.8 Å². The van der Waals surface area contributed by atoms with E-state index in [1.807, 2.05) is 0 Å². The van der Waals surface area contributed by atoms with Gasteiger partial charge >= 0.3 is 0 Å². The van der Waals surface area contributed by atoms with Gasteiger partial charge in [-0.05, 0) is 76.8 Å². The fourth-order valence-corrected chi connectivity index (χ4v) is 4.28. The third-order valence-electron chi connectivity index (χ3n) is 5.81. The largest absolute Gasteiger partial charge is 0.130 e. The monoisotopic (exact) mass is 350 g/mol. The first-order valence-electron chi connectivity index (χ1n) is 9.21. The lowest BCUT2D eigenvalue weighted by molar-refractivity contribution is 0.332. The third-order valence-corrected chi connectivity index (χ3v) is 6.55. The van der Waals surface area contributed by atoms with Crippen LogP contribution < -0.4 is 0 Å². The zero-order valence-electron chi connectivity index (χ0n) is 16.4. The highest BCUT2D eigenvalue weighted by Crippen LogP contribution is 2.46. The second kappa shape index (κ2) is 6.68.